The summed E-state index contributed by atoms with van der Waals surface area (Å²) in [5, 5.41) is 8.76. The Bertz CT molecular complexity index is 790. The number of carboxylic acid groups (broad SMARTS) is 1. The molecule has 0 saturated carbocycles. The Morgan fingerprint density at radius 3 is 2.50 bits per heavy atom. The monoisotopic (exact) mass is 356 g/mol. The second kappa shape index (κ2) is 5.29. The number of hydrogen-bond donors (Lipinski definition) is 1. The lowest BCUT2D eigenvalue weighted by Crippen LogP contribution is -2.10. The van der Waals surface area contributed by atoms with Gasteiger partial charge >= 0.3 is 5.97 Å². The summed E-state index contributed by atoms with van der Waals surface area (Å²) in [6.07, 6.45) is 1.97. The molecule has 0 fully saturated rings. The van der Waals surface area contributed by atoms with E-state index in [1.807, 2.05) is 0 Å². The number of halogens is 1. The number of rotatable bonds is 3. The number of benzene rings is 1. The molecule has 8 heteroatoms. The molecule has 0 bridgehead atoms. The van der Waals surface area contributed by atoms with Gasteiger partial charge in [-0.15, -0.1) is 0 Å². The van der Waals surface area contributed by atoms with Gasteiger partial charge in [-0.05, 0) is 6.07 Å². The lowest BCUT2D eigenvalue weighted by atomic mass is 10.1. The van der Waals surface area contributed by atoms with Crippen LogP contribution in [0.5, 0.6) is 0 Å². The van der Waals surface area contributed by atoms with Crippen molar-refractivity contribution in [3.63, 3.8) is 0 Å². The highest BCUT2D eigenvalue weighted by Gasteiger charge is 2.20. The number of carbonyl (C=O) groups is 1. The molecular weight excluding hydrogens is 348 g/mol. The van der Waals surface area contributed by atoms with Crippen LogP contribution in [0, 0.1) is 0 Å². The maximum atomic E-state index is 11.5. The summed E-state index contributed by atoms with van der Waals surface area (Å²) in [6.45, 7) is 0. The molecule has 1 heterocycles. The zero-order chi connectivity index (χ0) is 14.9. The van der Waals surface area contributed by atoms with Crippen molar-refractivity contribution in [1.29, 1.82) is 0 Å². The molecule has 0 aliphatic carbocycles. The number of aromatic carboxylic acids is 1. The molecule has 0 aliphatic heterocycles. The summed E-state index contributed by atoms with van der Waals surface area (Å²) in [7, 11) is -3.62. The zero-order valence-electron chi connectivity index (χ0n) is 10.2. The fraction of sp³-hybridized carbons (Fsp3) is 0.0833. The smallest absolute Gasteiger partial charge is 0.339 e. The highest BCUT2D eigenvalue weighted by molar-refractivity contribution is 9.10. The van der Waals surface area contributed by atoms with Crippen molar-refractivity contribution in [3.8, 4) is 11.3 Å². The first kappa shape index (κ1) is 14.6. The molecule has 104 valence electrons. The Labute approximate surface area is 123 Å². The van der Waals surface area contributed by atoms with Gasteiger partial charge < -0.3 is 5.11 Å². The van der Waals surface area contributed by atoms with E-state index < -0.39 is 21.0 Å². The first-order valence-electron chi connectivity index (χ1n) is 5.36. The van der Waals surface area contributed by atoms with Crippen LogP contribution in [0.2, 0.25) is 0 Å². The minimum Gasteiger partial charge on any atom is -0.478 e. The summed E-state index contributed by atoms with van der Waals surface area (Å²) in [6, 6.07) is 6.81. The third kappa shape index (κ3) is 2.86. The summed E-state index contributed by atoms with van der Waals surface area (Å²) >= 11 is 3.29. The lowest BCUT2D eigenvalue weighted by molar-refractivity contribution is 0.0696. The standard InChI is InChI=1S/C12H9BrN2O4S/c1-20(18,19)12-14-6-8(11(16)17)10(15-12)7-4-2-3-5-9(7)13/h2-6H,1H3,(H,16,17). The van der Waals surface area contributed by atoms with E-state index in [0.717, 1.165) is 12.5 Å². The lowest BCUT2D eigenvalue weighted by Gasteiger charge is -2.08. The van der Waals surface area contributed by atoms with Crippen molar-refractivity contribution in [1.82, 2.24) is 9.97 Å². The molecule has 0 radical (unpaired) electrons. The molecule has 1 N–H and O–H groups in total. The molecule has 0 amide bonds. The van der Waals surface area contributed by atoms with Crippen molar-refractivity contribution < 1.29 is 18.3 Å². The zero-order valence-corrected chi connectivity index (χ0v) is 12.6. The van der Waals surface area contributed by atoms with Gasteiger partial charge in [0.05, 0.1) is 5.69 Å². The molecule has 0 spiro atoms. The van der Waals surface area contributed by atoms with E-state index in [1.54, 1.807) is 24.3 Å². The summed E-state index contributed by atoms with van der Waals surface area (Å²) in [5.74, 6) is -1.23. The third-order valence-electron chi connectivity index (χ3n) is 2.46. The highest BCUT2D eigenvalue weighted by atomic mass is 79.9. The van der Waals surface area contributed by atoms with E-state index in [-0.39, 0.29) is 11.3 Å². The van der Waals surface area contributed by atoms with Crippen molar-refractivity contribution in [2.75, 3.05) is 6.26 Å². The molecule has 1 aromatic heterocycles. The van der Waals surface area contributed by atoms with Crippen LogP contribution in [0.3, 0.4) is 0 Å². The Morgan fingerprint density at radius 1 is 1.30 bits per heavy atom. The van der Waals surface area contributed by atoms with Crippen LogP contribution < -0.4 is 0 Å². The third-order valence-corrected chi connectivity index (χ3v) is 4.01. The predicted octanol–water partition coefficient (Wildman–Crippen LogP) is 2.01. The van der Waals surface area contributed by atoms with E-state index in [9.17, 15) is 13.2 Å². The minimum absolute atomic E-state index is 0.0559. The molecular formula is C12H9BrN2O4S. The Kier molecular flexibility index (Phi) is 3.87. The summed E-state index contributed by atoms with van der Waals surface area (Å²) < 4.78 is 23.6. The van der Waals surface area contributed by atoms with Gasteiger partial charge in [-0.1, -0.05) is 34.1 Å². The fourth-order valence-corrected chi connectivity index (χ4v) is 2.53. The average Bonchev–Trinajstić information content (AvgIpc) is 2.37. The van der Waals surface area contributed by atoms with Gasteiger partial charge in [0.2, 0.25) is 15.0 Å². The van der Waals surface area contributed by atoms with E-state index in [4.69, 9.17) is 5.11 Å². The van der Waals surface area contributed by atoms with E-state index in [2.05, 4.69) is 25.9 Å². The van der Waals surface area contributed by atoms with Crippen LogP contribution in [0.25, 0.3) is 11.3 Å². The quantitative estimate of drug-likeness (QED) is 0.844. The normalized spacial score (nSPS) is 11.3. The molecule has 6 nitrogen and oxygen atoms in total. The first-order chi connectivity index (χ1) is 9.30. The number of sulfone groups is 1. The Hall–Kier alpha value is -1.80. The van der Waals surface area contributed by atoms with Gasteiger partial charge in [0.25, 0.3) is 0 Å². The number of aromatic nitrogens is 2. The Morgan fingerprint density at radius 2 is 1.95 bits per heavy atom. The van der Waals surface area contributed by atoms with Crippen LogP contribution in [0.15, 0.2) is 40.1 Å². The molecule has 0 unspecified atom stereocenters. The second-order valence-corrected chi connectivity index (χ2v) is 6.74. The topological polar surface area (TPSA) is 97.2 Å². The van der Waals surface area contributed by atoms with Crippen LogP contribution in [-0.4, -0.2) is 35.7 Å². The predicted molar refractivity (Wildman–Crippen MR) is 75.2 cm³/mol. The molecule has 0 atom stereocenters. The van der Waals surface area contributed by atoms with Gasteiger partial charge in [0.15, 0.2) is 0 Å². The molecule has 0 saturated heterocycles. The van der Waals surface area contributed by atoms with Crippen molar-refractivity contribution in [2.24, 2.45) is 0 Å². The van der Waals surface area contributed by atoms with E-state index in [1.165, 1.54) is 0 Å². The van der Waals surface area contributed by atoms with Crippen LogP contribution >= 0.6 is 15.9 Å². The van der Waals surface area contributed by atoms with E-state index in [0.29, 0.717) is 10.0 Å². The van der Waals surface area contributed by atoms with E-state index >= 15 is 0 Å². The van der Waals surface area contributed by atoms with Crippen LogP contribution in [-0.2, 0) is 9.84 Å². The first-order valence-corrected chi connectivity index (χ1v) is 8.04. The highest BCUT2D eigenvalue weighted by Crippen LogP contribution is 2.29. The number of nitrogens with zero attached hydrogens (tertiary/aromatic N) is 2. The van der Waals surface area contributed by atoms with Gasteiger partial charge in [-0.2, -0.15) is 0 Å². The van der Waals surface area contributed by atoms with Gasteiger partial charge in [0.1, 0.15) is 5.56 Å². The number of carboxylic acids is 1. The summed E-state index contributed by atoms with van der Waals surface area (Å²) in [5.41, 5.74) is 0.377. The van der Waals surface area contributed by atoms with Crippen molar-refractivity contribution in [3.05, 3.63) is 40.5 Å². The fourth-order valence-electron chi connectivity index (χ4n) is 1.56. The SMILES string of the molecule is CS(=O)(=O)c1ncc(C(=O)O)c(-c2ccccc2Br)n1. The summed E-state index contributed by atoms with van der Waals surface area (Å²) in [4.78, 5) is 18.7. The largest absolute Gasteiger partial charge is 0.478 e. The van der Waals surface area contributed by atoms with Gasteiger partial charge in [0, 0.05) is 22.5 Å². The molecule has 2 rings (SSSR count). The van der Waals surface area contributed by atoms with Gasteiger partial charge in [-0.25, -0.2) is 23.2 Å². The maximum Gasteiger partial charge on any atom is 0.339 e. The molecule has 0 aliphatic rings. The van der Waals surface area contributed by atoms with Crippen molar-refractivity contribution >= 4 is 31.7 Å². The minimum atomic E-state index is -3.62. The molecule has 20 heavy (non-hydrogen) atoms. The Balaban J connectivity index is 2.78. The molecule has 1 aromatic carbocycles. The number of hydrogen-bond acceptors (Lipinski definition) is 5. The van der Waals surface area contributed by atoms with Crippen LogP contribution in [0.1, 0.15) is 10.4 Å². The van der Waals surface area contributed by atoms with Crippen LogP contribution in [0.4, 0.5) is 0 Å². The average molecular weight is 357 g/mol. The molecule has 2 aromatic rings. The maximum absolute atomic E-state index is 11.5. The van der Waals surface area contributed by atoms with Crippen molar-refractivity contribution in [2.45, 2.75) is 5.16 Å². The van der Waals surface area contributed by atoms with Gasteiger partial charge in [-0.3, -0.25) is 0 Å². The second-order valence-electron chi connectivity index (χ2n) is 3.97.